The molecule has 6 heterocycles. The van der Waals surface area contributed by atoms with E-state index in [0.717, 1.165) is 10.3 Å². The summed E-state index contributed by atoms with van der Waals surface area (Å²) in [5.74, 6) is -4.94. The molecule has 8 amide bonds. The van der Waals surface area contributed by atoms with E-state index in [9.17, 15) is 64.8 Å². The van der Waals surface area contributed by atoms with Crippen LogP contribution < -0.4 is 60.3 Å². The number of para-hydroxylation sites is 2. The lowest BCUT2D eigenvalue weighted by atomic mass is 10.1. The van der Waals surface area contributed by atoms with Crippen LogP contribution in [0.15, 0.2) is 143 Å². The summed E-state index contributed by atoms with van der Waals surface area (Å²) in [6, 6.07) is 23.4. The van der Waals surface area contributed by atoms with E-state index in [1.165, 1.54) is 94.2 Å². The average Bonchev–Trinajstić information content (AvgIpc) is 1.57. The number of benzene rings is 4. The van der Waals surface area contributed by atoms with E-state index in [2.05, 4.69) is 59.2 Å². The number of carboxylic acids is 1. The molecule has 2 aliphatic heterocycles. The number of aromatic nitrogens is 4. The van der Waals surface area contributed by atoms with Gasteiger partial charge in [0.05, 0.1) is 68.2 Å². The average molecular weight is 1910 g/mol. The number of sulfonamides is 2. The molecule has 36 nitrogen and oxygen atoms in total. The number of unbranched alkanes of at least 4 members (excludes halogenated alkanes) is 6. The number of thiazole rings is 2. The molecular weight excluding hydrogens is 1790 g/mol. The Kier molecular flexibility index (Phi) is 33.0. The van der Waals surface area contributed by atoms with E-state index in [1.54, 1.807) is 104 Å². The molecule has 4 fully saturated rings. The van der Waals surface area contributed by atoms with Crippen LogP contribution in [0, 0.1) is 11.8 Å². The van der Waals surface area contributed by atoms with Gasteiger partial charge in [0.1, 0.15) is 90.7 Å². The number of carbonyl (C=O) groups excluding carboxylic acids is 9. The maximum Gasteiger partial charge on any atom is 0.411 e. The van der Waals surface area contributed by atoms with Crippen molar-refractivity contribution < 1.29 is 103 Å². The van der Waals surface area contributed by atoms with Crippen LogP contribution in [0.3, 0.4) is 0 Å². The Hall–Kier alpha value is -12.6. The maximum atomic E-state index is 14.5. The number of hydrogen-bond donors (Lipinski definition) is 9. The molecule has 714 valence electrons. The molecule has 2 saturated heterocycles. The fourth-order valence-corrected chi connectivity index (χ4v) is 19.4. The molecule has 0 radical (unpaired) electrons. The highest BCUT2D eigenvalue weighted by molar-refractivity contribution is 7.90. The summed E-state index contributed by atoms with van der Waals surface area (Å²) in [5, 5.41) is 32.7. The third-order valence-electron chi connectivity index (χ3n) is 22.1. The first-order chi connectivity index (χ1) is 63.0. The van der Waals surface area contributed by atoms with Gasteiger partial charge in [0, 0.05) is 108 Å². The second kappa shape index (κ2) is 43.4. The van der Waals surface area contributed by atoms with Gasteiger partial charge in [0.25, 0.3) is 31.9 Å². The second-order valence-electron chi connectivity index (χ2n) is 35.5. The highest BCUT2D eigenvalue weighted by Gasteiger charge is 2.63. The van der Waals surface area contributed by atoms with Crippen molar-refractivity contribution in [2.45, 2.75) is 240 Å². The fraction of sp³-hybridized carbons (Fsp3) is 0.462. The van der Waals surface area contributed by atoms with Crippen LogP contribution in [0.2, 0.25) is 0 Å². The standard InChI is InChI=1S/C47H59N7O11S2.C46H57N7O11S2/c1-9-29-25-47(29,43(58)53-67(60,61)39-17-15-14-16-33(39)50-40(55)18-12-10-11-13-19-41(56)63-8)52-42(57)37-23-31(26-54(37)45(59)65-46(4,5)6)64-38-24-35(36-27-66-44(51-36)48-28(2)3)49-34-22-30(62-7)20-21-32(34)38;1-8-28-24-46(28,42(58)52-66(60,61)38-16-14-13-15-32(38)49-39(54)17-11-9-10-12-18-40(55)56)51-41(57)36-22-30(25-53(36)44(59)64-45(4,5)6)63-37-23-34(35-26-65-43(50-35)47-27(2)3)48-33-21-29(62-7)19-20-31(33)37/h9,14-17,20-22,24,27-29,31,37H,1,10-13,18-19,23,25-26H2,2-8H3,(H,48,51)(H,50,55)(H,52,57)(H,53,58);8,13-16,19-21,23,26-28,30,36H,1,9-12,17-18,22,24-25H2,2-7H3,(H,47,50)(H,49,54)(H,51,57)(H,52,58)(H,55,56)/t29-,31-,37+,47-;28-,30-,36+,46-/m11/s1. The van der Waals surface area contributed by atoms with E-state index in [-0.39, 0.29) is 104 Å². The number of anilines is 4. The first-order valence-electron chi connectivity index (χ1n) is 43.8. The van der Waals surface area contributed by atoms with Crippen molar-refractivity contribution in [1.82, 2.24) is 49.8 Å². The number of nitrogens with one attached hydrogen (secondary N) is 8. The summed E-state index contributed by atoms with van der Waals surface area (Å²) in [6.45, 7) is 25.7. The van der Waals surface area contributed by atoms with Crippen LogP contribution in [0.25, 0.3) is 44.6 Å². The highest BCUT2D eigenvalue weighted by Crippen LogP contribution is 2.48. The van der Waals surface area contributed by atoms with Crippen LogP contribution in [-0.2, 0) is 72.6 Å². The van der Waals surface area contributed by atoms with E-state index in [0.29, 0.717) is 119 Å². The number of likely N-dealkylation sites (tertiary alicyclic amines) is 2. The van der Waals surface area contributed by atoms with Gasteiger partial charge in [-0.1, -0.05) is 62.1 Å². The van der Waals surface area contributed by atoms with Crippen molar-refractivity contribution in [2.24, 2.45) is 11.8 Å². The molecule has 4 aromatic heterocycles. The van der Waals surface area contributed by atoms with Crippen molar-refractivity contribution in [3.8, 4) is 45.8 Å². The number of aliphatic carboxylic acids is 1. The Labute approximate surface area is 780 Å². The number of carboxylic acid groups (broad SMARTS) is 1. The van der Waals surface area contributed by atoms with Gasteiger partial charge in [0.2, 0.25) is 23.6 Å². The van der Waals surface area contributed by atoms with Gasteiger partial charge in [-0.3, -0.25) is 48.2 Å². The Morgan fingerprint density at radius 3 is 1.26 bits per heavy atom. The minimum absolute atomic E-state index is 0.0190. The molecule has 4 aromatic carbocycles. The number of fused-ring (bicyclic) bond motifs is 2. The first-order valence-corrected chi connectivity index (χ1v) is 48.5. The number of ether oxygens (including phenoxy) is 7. The molecule has 8 atom stereocenters. The Balaban J connectivity index is 0.000000256. The van der Waals surface area contributed by atoms with Crippen molar-refractivity contribution in [3.63, 3.8) is 0 Å². The molecule has 0 spiro atoms. The summed E-state index contributed by atoms with van der Waals surface area (Å²) in [6.07, 6.45) is 5.00. The Morgan fingerprint density at radius 2 is 0.902 bits per heavy atom. The van der Waals surface area contributed by atoms with Crippen molar-refractivity contribution in [2.75, 3.05) is 55.7 Å². The summed E-state index contributed by atoms with van der Waals surface area (Å²) in [5.41, 5.74) is -2.03. The number of amides is 8. The van der Waals surface area contributed by atoms with Gasteiger partial charge in [-0.05, 0) is 156 Å². The van der Waals surface area contributed by atoms with Crippen molar-refractivity contribution in [3.05, 3.63) is 133 Å². The van der Waals surface area contributed by atoms with Gasteiger partial charge in [-0.2, -0.15) is 0 Å². The molecule has 40 heteroatoms. The monoisotopic (exact) mass is 1910 g/mol. The smallest absolute Gasteiger partial charge is 0.411 e. The minimum Gasteiger partial charge on any atom is -0.497 e. The van der Waals surface area contributed by atoms with Crippen LogP contribution in [-0.4, -0.2) is 204 Å². The van der Waals surface area contributed by atoms with Gasteiger partial charge in [-0.15, -0.1) is 35.8 Å². The van der Waals surface area contributed by atoms with Crippen molar-refractivity contribution in [1.29, 1.82) is 0 Å². The maximum absolute atomic E-state index is 14.5. The summed E-state index contributed by atoms with van der Waals surface area (Å²) < 4.78 is 100. The first kappa shape index (κ1) is 101. The summed E-state index contributed by atoms with van der Waals surface area (Å²) >= 11 is 2.87. The van der Waals surface area contributed by atoms with E-state index < -0.39 is 132 Å². The zero-order valence-electron chi connectivity index (χ0n) is 76.6. The summed E-state index contributed by atoms with van der Waals surface area (Å²) in [4.78, 5) is 153. The van der Waals surface area contributed by atoms with Crippen molar-refractivity contribution >= 4 is 146 Å². The van der Waals surface area contributed by atoms with Gasteiger partial charge < -0.3 is 70.2 Å². The number of rotatable bonds is 40. The molecule has 133 heavy (non-hydrogen) atoms. The molecule has 12 rings (SSSR count). The Morgan fingerprint density at radius 1 is 0.519 bits per heavy atom. The lowest BCUT2D eigenvalue weighted by Gasteiger charge is -2.29. The van der Waals surface area contributed by atoms with E-state index in [1.807, 2.05) is 44.5 Å². The SMILES string of the molecule is C=C[C@@H]1C[C@]1(NC(=O)[C@@H]1C[C@@H](Oc2cc(-c3csc(NC(C)C)n3)nc3cc(OC)ccc23)CN1C(=O)OC(C)(C)C)C(=O)NS(=O)(=O)c1ccccc1NC(=O)CCCCCCC(=O)O.C=C[C@@H]1C[C@]1(NC(=O)[C@@H]1C[C@@H](Oc2cc(-c3csc(NC(C)C)n3)nc3cc(OC)ccc23)CN1C(=O)OC(C)(C)C)C(=O)NS(=O)(=O)c1ccccc1NC(=O)CCCCCCC(=O)OC. The quantitative estimate of drug-likeness (QED) is 0.00745. The molecule has 9 N–H and O–H groups in total. The third kappa shape index (κ3) is 26.5. The van der Waals surface area contributed by atoms with Crippen LogP contribution in [0.5, 0.6) is 23.0 Å². The molecular formula is C93H116N14O22S4. The normalized spacial score (nSPS) is 19.1. The van der Waals surface area contributed by atoms with E-state index >= 15 is 0 Å². The lowest BCUT2D eigenvalue weighted by molar-refractivity contribution is -0.141. The predicted octanol–water partition coefficient (Wildman–Crippen LogP) is 13.8. The molecule has 4 aliphatic rings. The number of hydrogen-bond acceptors (Lipinski definition) is 29. The molecule has 8 aromatic rings. The molecule has 0 bridgehead atoms. The van der Waals surface area contributed by atoms with Crippen LogP contribution in [0.1, 0.15) is 172 Å². The largest absolute Gasteiger partial charge is 0.497 e. The lowest BCUT2D eigenvalue weighted by Crippen LogP contribution is -2.56. The number of pyridine rings is 2. The molecule has 2 aliphatic carbocycles. The molecule has 0 unspecified atom stereocenters. The van der Waals surface area contributed by atoms with Gasteiger partial charge in [0.15, 0.2) is 10.3 Å². The van der Waals surface area contributed by atoms with Gasteiger partial charge in [-0.25, -0.2) is 55.8 Å². The zero-order valence-corrected chi connectivity index (χ0v) is 79.9. The molecule has 2 saturated carbocycles. The topological polar surface area (TPSA) is 478 Å². The highest BCUT2D eigenvalue weighted by atomic mass is 32.2. The van der Waals surface area contributed by atoms with Gasteiger partial charge >= 0.3 is 24.1 Å². The van der Waals surface area contributed by atoms with E-state index in [4.69, 9.17) is 53.5 Å². The zero-order chi connectivity index (χ0) is 96.7. The number of carbonyl (C=O) groups is 10. The van der Waals surface area contributed by atoms with Crippen LogP contribution in [0.4, 0.5) is 31.2 Å². The minimum atomic E-state index is -4.62. The fourth-order valence-electron chi connectivity index (χ4n) is 15.3. The summed E-state index contributed by atoms with van der Waals surface area (Å²) in [7, 11) is -4.81. The predicted molar refractivity (Wildman–Crippen MR) is 502 cm³/mol. The number of nitrogens with zero attached hydrogens (tertiary/aromatic N) is 6. The van der Waals surface area contributed by atoms with Crippen LogP contribution >= 0.6 is 22.7 Å². The third-order valence-corrected chi connectivity index (χ3v) is 26.4. The second-order valence-corrected chi connectivity index (χ2v) is 40.5. The Bertz CT molecular complexity index is 5910. The number of methoxy groups -OCH3 is 3. The number of esters is 1.